The molecule has 19 heavy (non-hydrogen) atoms. The molecule has 0 fully saturated rings. The highest BCUT2D eigenvalue weighted by Crippen LogP contribution is 2.37. The van der Waals surface area contributed by atoms with Crippen molar-refractivity contribution in [2.24, 2.45) is 0 Å². The van der Waals surface area contributed by atoms with Crippen LogP contribution in [0.4, 0.5) is 5.69 Å². The van der Waals surface area contributed by atoms with Gasteiger partial charge in [0.2, 0.25) is 0 Å². The first kappa shape index (κ1) is 15.8. The molecular formula is C9H10ClN3O4S2. The molecule has 0 atom stereocenters. The standard InChI is InChI=1S/C9H10ClN3O4S2/c1-6(2)12(4-3-11)19(16,17)8-5-7(13(14)15)9(10)18-8/h5-6H,4H2,1-2H3. The Morgan fingerprint density at radius 3 is 2.58 bits per heavy atom. The molecule has 1 heterocycles. The summed E-state index contributed by atoms with van der Waals surface area (Å²) in [6.07, 6.45) is 0. The highest BCUT2D eigenvalue weighted by Gasteiger charge is 2.31. The van der Waals surface area contributed by atoms with Crippen LogP contribution >= 0.6 is 22.9 Å². The van der Waals surface area contributed by atoms with Crippen LogP contribution in [0.3, 0.4) is 0 Å². The Labute approximate surface area is 119 Å². The zero-order valence-corrected chi connectivity index (χ0v) is 12.4. The lowest BCUT2D eigenvalue weighted by atomic mass is 10.4. The lowest BCUT2D eigenvalue weighted by molar-refractivity contribution is -0.384. The Morgan fingerprint density at radius 2 is 2.21 bits per heavy atom. The van der Waals surface area contributed by atoms with Crippen LogP contribution in [-0.2, 0) is 10.0 Å². The average Bonchev–Trinajstić information content (AvgIpc) is 2.68. The van der Waals surface area contributed by atoms with Crippen molar-refractivity contribution in [3.05, 3.63) is 20.5 Å². The molecule has 0 spiro atoms. The number of nitrogens with zero attached hydrogens (tertiary/aromatic N) is 3. The van der Waals surface area contributed by atoms with Gasteiger partial charge < -0.3 is 0 Å². The lowest BCUT2D eigenvalue weighted by Crippen LogP contribution is -2.36. The third-order valence-electron chi connectivity index (χ3n) is 2.21. The van der Waals surface area contributed by atoms with Crippen LogP contribution in [0.2, 0.25) is 4.34 Å². The molecule has 0 N–H and O–H groups in total. The van der Waals surface area contributed by atoms with Gasteiger partial charge in [-0.2, -0.15) is 9.57 Å². The summed E-state index contributed by atoms with van der Waals surface area (Å²) in [6.45, 7) is 2.89. The summed E-state index contributed by atoms with van der Waals surface area (Å²) >= 11 is 6.24. The summed E-state index contributed by atoms with van der Waals surface area (Å²) in [5.41, 5.74) is -0.453. The molecule has 0 saturated heterocycles. The largest absolute Gasteiger partial charge is 0.300 e. The smallest absolute Gasteiger partial charge is 0.258 e. The predicted molar refractivity (Wildman–Crippen MR) is 70.6 cm³/mol. The van der Waals surface area contributed by atoms with E-state index >= 15 is 0 Å². The van der Waals surface area contributed by atoms with Crippen molar-refractivity contribution >= 4 is 38.6 Å². The van der Waals surface area contributed by atoms with Crippen molar-refractivity contribution < 1.29 is 13.3 Å². The van der Waals surface area contributed by atoms with Crippen molar-refractivity contribution in [2.45, 2.75) is 24.1 Å². The van der Waals surface area contributed by atoms with E-state index in [0.29, 0.717) is 11.3 Å². The van der Waals surface area contributed by atoms with Gasteiger partial charge in [0.15, 0.2) is 4.34 Å². The van der Waals surface area contributed by atoms with Crippen molar-refractivity contribution in [1.82, 2.24) is 4.31 Å². The fourth-order valence-electron chi connectivity index (χ4n) is 1.32. The topological polar surface area (TPSA) is 104 Å². The maximum atomic E-state index is 12.3. The Kier molecular flexibility index (Phi) is 4.86. The summed E-state index contributed by atoms with van der Waals surface area (Å²) in [7, 11) is -3.96. The summed E-state index contributed by atoms with van der Waals surface area (Å²) in [4.78, 5) is 9.91. The number of nitro groups is 1. The van der Waals surface area contributed by atoms with Gasteiger partial charge in [-0.15, -0.1) is 11.3 Å². The first-order valence-corrected chi connectivity index (χ1v) is 7.67. The summed E-state index contributed by atoms with van der Waals surface area (Å²) in [6, 6.07) is 2.23. The first-order chi connectivity index (χ1) is 8.71. The van der Waals surface area contributed by atoms with E-state index in [1.54, 1.807) is 19.9 Å². The Balaban J connectivity index is 3.31. The molecule has 0 saturated carbocycles. The summed E-state index contributed by atoms with van der Waals surface area (Å²) < 4.78 is 25.0. The van der Waals surface area contributed by atoms with E-state index in [4.69, 9.17) is 16.9 Å². The zero-order valence-electron chi connectivity index (χ0n) is 10.0. The molecule has 0 radical (unpaired) electrons. The Bertz CT molecular complexity index is 632. The van der Waals surface area contributed by atoms with Crippen LogP contribution in [0.25, 0.3) is 0 Å². The van der Waals surface area contributed by atoms with Crippen LogP contribution in [0.1, 0.15) is 13.8 Å². The van der Waals surface area contributed by atoms with E-state index in [1.165, 1.54) is 0 Å². The third kappa shape index (κ3) is 3.22. The summed E-state index contributed by atoms with van der Waals surface area (Å²) in [5, 5.41) is 19.3. The molecule has 0 aromatic carbocycles. The van der Waals surface area contributed by atoms with Crippen LogP contribution in [0.15, 0.2) is 10.3 Å². The molecule has 104 valence electrons. The quantitative estimate of drug-likeness (QED) is 0.469. The van der Waals surface area contributed by atoms with Crippen molar-refractivity contribution in [3.63, 3.8) is 0 Å². The van der Waals surface area contributed by atoms with Gasteiger partial charge in [0.25, 0.3) is 15.7 Å². The molecule has 0 aliphatic carbocycles. The number of thiophene rings is 1. The molecular weight excluding hydrogens is 314 g/mol. The van der Waals surface area contributed by atoms with Gasteiger partial charge >= 0.3 is 0 Å². The highest BCUT2D eigenvalue weighted by atomic mass is 35.5. The molecule has 10 heteroatoms. The number of hydrogen-bond acceptors (Lipinski definition) is 6. The van der Waals surface area contributed by atoms with Crippen molar-refractivity contribution in [2.75, 3.05) is 6.54 Å². The van der Waals surface area contributed by atoms with Gasteiger partial charge in [0.05, 0.1) is 11.0 Å². The van der Waals surface area contributed by atoms with Crippen LogP contribution < -0.4 is 0 Å². The van der Waals surface area contributed by atoms with Crippen molar-refractivity contribution in [3.8, 4) is 6.07 Å². The van der Waals surface area contributed by atoms with Crippen LogP contribution in [0, 0.1) is 21.4 Å². The molecule has 1 rings (SSSR count). The number of sulfonamides is 1. The minimum atomic E-state index is -3.96. The van der Waals surface area contributed by atoms with E-state index in [1.807, 2.05) is 0 Å². The van der Waals surface area contributed by atoms with Gasteiger partial charge in [0, 0.05) is 12.1 Å². The number of rotatable bonds is 5. The van der Waals surface area contributed by atoms with E-state index in [-0.39, 0.29) is 15.1 Å². The van der Waals surface area contributed by atoms with E-state index in [2.05, 4.69) is 0 Å². The first-order valence-electron chi connectivity index (χ1n) is 5.04. The Morgan fingerprint density at radius 1 is 1.63 bits per heavy atom. The minimum absolute atomic E-state index is 0.204. The molecule has 0 unspecified atom stereocenters. The molecule has 0 bridgehead atoms. The number of halogens is 1. The molecule has 1 aromatic rings. The molecule has 0 aliphatic heterocycles. The average molecular weight is 324 g/mol. The number of hydrogen-bond donors (Lipinski definition) is 0. The van der Waals surface area contributed by atoms with Crippen LogP contribution in [-0.4, -0.2) is 30.2 Å². The second-order valence-electron chi connectivity index (χ2n) is 3.78. The predicted octanol–water partition coefficient (Wildman–Crippen LogP) is 2.23. The normalized spacial score (nSPS) is 11.8. The SMILES string of the molecule is CC(C)N(CC#N)S(=O)(=O)c1cc([N+](=O)[O-])c(Cl)s1. The lowest BCUT2D eigenvalue weighted by Gasteiger charge is -2.21. The molecule has 7 nitrogen and oxygen atoms in total. The van der Waals surface area contributed by atoms with Gasteiger partial charge in [-0.25, -0.2) is 8.42 Å². The molecule has 0 aliphatic rings. The number of nitriles is 1. The second-order valence-corrected chi connectivity index (χ2v) is 7.56. The van der Waals surface area contributed by atoms with Crippen molar-refractivity contribution in [1.29, 1.82) is 5.26 Å². The minimum Gasteiger partial charge on any atom is -0.258 e. The maximum absolute atomic E-state index is 12.3. The van der Waals surface area contributed by atoms with Crippen LogP contribution in [0.5, 0.6) is 0 Å². The molecule has 0 amide bonds. The Hall–Kier alpha value is -1.21. The third-order valence-corrected chi connectivity index (χ3v) is 6.02. The van der Waals surface area contributed by atoms with Gasteiger partial charge in [-0.3, -0.25) is 10.1 Å². The highest BCUT2D eigenvalue weighted by molar-refractivity contribution is 7.91. The fourth-order valence-corrected chi connectivity index (χ4v) is 4.65. The monoisotopic (exact) mass is 323 g/mol. The zero-order chi connectivity index (χ0) is 14.8. The molecule has 1 aromatic heterocycles. The summed E-state index contributed by atoms with van der Waals surface area (Å²) in [5.74, 6) is 0. The second kappa shape index (κ2) is 5.83. The van der Waals surface area contributed by atoms with E-state index < -0.39 is 26.7 Å². The van der Waals surface area contributed by atoms with Gasteiger partial charge in [-0.05, 0) is 13.8 Å². The van der Waals surface area contributed by atoms with Gasteiger partial charge in [-0.1, -0.05) is 11.6 Å². The fraction of sp³-hybridized carbons (Fsp3) is 0.444. The maximum Gasteiger partial charge on any atom is 0.300 e. The van der Waals surface area contributed by atoms with Gasteiger partial charge in [0.1, 0.15) is 10.8 Å². The van der Waals surface area contributed by atoms with E-state index in [0.717, 1.165) is 10.4 Å². The van der Waals surface area contributed by atoms with E-state index in [9.17, 15) is 18.5 Å².